The second-order valence-corrected chi connectivity index (χ2v) is 14.1. The van der Waals surface area contributed by atoms with Gasteiger partial charge in [0.2, 0.25) is 69.8 Å². The van der Waals surface area contributed by atoms with Crippen LogP contribution in [0.5, 0.6) is 17.2 Å². The van der Waals surface area contributed by atoms with Crippen LogP contribution in [0.4, 0.5) is 100 Å². The summed E-state index contributed by atoms with van der Waals surface area (Å²) < 4.78 is 278. The van der Waals surface area contributed by atoms with Crippen molar-refractivity contribution in [3.05, 3.63) is 218 Å². The zero-order chi connectivity index (χ0) is 51.6. The van der Waals surface area contributed by atoms with Gasteiger partial charge in [-0.2, -0.15) is 26.3 Å². The first-order valence-electron chi connectivity index (χ1n) is 19.0. The van der Waals surface area contributed by atoms with Crippen LogP contribution in [-0.4, -0.2) is 7.32 Å². The lowest BCUT2D eigenvalue weighted by atomic mass is 9.96. The van der Waals surface area contributed by atoms with Crippen LogP contribution in [0.1, 0.15) is 22.3 Å². The first-order valence-corrected chi connectivity index (χ1v) is 19.0. The fraction of sp³-hybridized carbons (Fsp3) is 0.0435. The third kappa shape index (κ3) is 9.93. The normalized spacial score (nSPS) is 11.5. The summed E-state index contributed by atoms with van der Waals surface area (Å²) in [6, 6.07) is 21.1. The molecule has 7 aromatic rings. The van der Waals surface area contributed by atoms with E-state index in [4.69, 9.17) is 0 Å². The maximum Gasteiger partial charge on any atom is 0.864 e. The molecule has 0 heterocycles. The summed E-state index contributed by atoms with van der Waals surface area (Å²) in [6.45, 7) is 5.63. The fourth-order valence-corrected chi connectivity index (χ4v) is 6.36. The molecule has 1 atom stereocenters. The number of quaternary nitrogens is 1. The highest BCUT2D eigenvalue weighted by Crippen LogP contribution is 2.37. The van der Waals surface area contributed by atoms with Gasteiger partial charge < -0.3 is 14.0 Å². The van der Waals surface area contributed by atoms with Gasteiger partial charge in [-0.15, -0.1) is 6.07 Å². The smallest absolute Gasteiger partial charge is 0.484 e. The van der Waals surface area contributed by atoms with E-state index < -0.39 is 147 Å². The van der Waals surface area contributed by atoms with Crippen molar-refractivity contribution in [3.8, 4) is 17.2 Å². The predicted octanol–water partition coefficient (Wildman–Crippen LogP) is 13.1. The highest BCUT2D eigenvalue weighted by Gasteiger charge is 2.42. The maximum absolute atomic E-state index is 16.0. The molecule has 0 spiro atoms. The van der Waals surface area contributed by atoms with Crippen molar-refractivity contribution in [2.75, 3.05) is 0 Å². The van der Waals surface area contributed by atoms with Gasteiger partial charge in [-0.05, 0) is 25.1 Å². The lowest BCUT2D eigenvalue weighted by molar-refractivity contribution is -0.681. The second kappa shape index (κ2) is 20.9. The van der Waals surface area contributed by atoms with E-state index in [1.165, 1.54) is 18.2 Å². The molecule has 0 bridgehead atoms. The van der Waals surface area contributed by atoms with E-state index in [-0.39, 0.29) is 5.56 Å². The van der Waals surface area contributed by atoms with Gasteiger partial charge in [0.15, 0.2) is 34.6 Å². The molecule has 24 heteroatoms. The summed E-state index contributed by atoms with van der Waals surface area (Å²) >= 11 is 0. The average molecular weight is 1010 g/mol. The molecule has 0 amide bonds. The van der Waals surface area contributed by atoms with Crippen LogP contribution in [-0.2, 0) is 6.42 Å². The highest BCUT2D eigenvalue weighted by atomic mass is 19.2. The van der Waals surface area contributed by atoms with Gasteiger partial charge >= 0.3 is 7.32 Å². The van der Waals surface area contributed by atoms with E-state index in [0.717, 1.165) is 11.6 Å². The van der Waals surface area contributed by atoms with Crippen LogP contribution in [0, 0.1) is 124 Å². The Balaban J connectivity index is 0.000000643. The van der Waals surface area contributed by atoms with Gasteiger partial charge in [-0.3, -0.25) is 8.78 Å². The molecule has 4 nitrogen and oxygen atoms in total. The summed E-state index contributed by atoms with van der Waals surface area (Å²) in [7, 11) is -3.72. The van der Waals surface area contributed by atoms with Gasteiger partial charge in [-0.1, -0.05) is 60.7 Å². The van der Waals surface area contributed by atoms with E-state index in [1.807, 2.05) is 6.92 Å². The molecular weight excluding hydrogens is 986 g/mol. The predicted molar refractivity (Wildman–Crippen MR) is 208 cm³/mol. The molecule has 7 aromatic carbocycles. The van der Waals surface area contributed by atoms with Gasteiger partial charge in [0, 0.05) is 35.2 Å². The Bertz CT molecular complexity index is 2980. The van der Waals surface area contributed by atoms with Crippen molar-refractivity contribution in [2.45, 2.75) is 13.3 Å². The molecule has 0 saturated heterocycles. The van der Waals surface area contributed by atoms with E-state index >= 15 is 17.6 Å². The summed E-state index contributed by atoms with van der Waals surface area (Å²) in [5.41, 5.74) is 1.55. The van der Waals surface area contributed by atoms with Crippen LogP contribution < -0.4 is 18.9 Å². The quantitative estimate of drug-likeness (QED) is 0.0435. The molecule has 0 aliphatic rings. The van der Waals surface area contributed by atoms with E-state index in [9.17, 15) is 65.9 Å². The molecule has 0 aliphatic heterocycles. The van der Waals surface area contributed by atoms with Crippen molar-refractivity contribution >= 4 is 30.5 Å². The van der Waals surface area contributed by atoms with Crippen molar-refractivity contribution in [1.29, 1.82) is 0 Å². The SMILES string of the molecule is C=Cc1cccc(Cc2c(F)c(F)c(OB(Oc3c(F)c(F)c(F)c(F)c3F)Oc3c(F)c(F)c(F)c(F)c3F)c(F)c2F)c1[NH+](c1ccccc1)c1ccc(C)cc1.Fc1[c-]c(F)c(F)c(F)c1F. The van der Waals surface area contributed by atoms with Crippen LogP contribution >= 0.6 is 0 Å². The Kier molecular flexibility index (Phi) is 15.5. The molecule has 0 radical (unpaired) electrons. The Morgan fingerprint density at radius 3 is 1.23 bits per heavy atom. The number of aryl methyl sites for hydroxylation is 1. The number of benzene rings is 7. The Morgan fingerprint density at radius 2 is 0.814 bits per heavy atom. The minimum Gasteiger partial charge on any atom is -0.484 e. The third-order valence-electron chi connectivity index (χ3n) is 9.71. The van der Waals surface area contributed by atoms with Crippen LogP contribution in [0.15, 0.2) is 79.4 Å². The van der Waals surface area contributed by atoms with Crippen molar-refractivity contribution in [1.82, 2.24) is 0 Å². The molecule has 7 rings (SSSR count). The standard InChI is InChI=1S/C40H20BF14NO3.C6F5/c1-3-18-8-7-9-19(37(18)56(20-10-5-4-6-11-20)21-14-12-17(2)13-15-21)16-22-23(42)31(50)38(32(51)24(22)43)57-41(58-39-33(52)27(46)25(44)28(47)34(39)53)59-40-35(54)29(48)26(45)30(49)36(40)55;7-2-1-3(8)5(10)6(11)4(2)9/h3-15H,1,16H2,2H3;/q;-1/p+1. The first-order chi connectivity index (χ1) is 33.0. The Hall–Kier alpha value is -7.63. The van der Waals surface area contributed by atoms with Gasteiger partial charge in [0.25, 0.3) is 0 Å². The summed E-state index contributed by atoms with van der Waals surface area (Å²) in [4.78, 5) is 0.496. The van der Waals surface area contributed by atoms with E-state index in [1.54, 1.807) is 60.7 Å². The summed E-state index contributed by atoms with van der Waals surface area (Å²) in [5, 5.41) is 0. The minimum absolute atomic E-state index is 0.0641. The van der Waals surface area contributed by atoms with Crippen LogP contribution in [0.2, 0.25) is 0 Å². The van der Waals surface area contributed by atoms with Gasteiger partial charge in [0.1, 0.15) is 11.4 Å². The maximum atomic E-state index is 16.0. The van der Waals surface area contributed by atoms with Crippen molar-refractivity contribution in [3.63, 3.8) is 0 Å². The lowest BCUT2D eigenvalue weighted by Gasteiger charge is -2.24. The first kappa shape index (κ1) is 51.8. The van der Waals surface area contributed by atoms with Crippen molar-refractivity contribution in [2.24, 2.45) is 0 Å². The molecule has 0 fully saturated rings. The molecule has 0 aromatic heterocycles. The molecular formula is C46H21BF19NO3. The largest absolute Gasteiger partial charge is 0.864 e. The molecule has 70 heavy (non-hydrogen) atoms. The van der Waals surface area contributed by atoms with Crippen LogP contribution in [0.25, 0.3) is 6.08 Å². The summed E-state index contributed by atoms with van der Waals surface area (Å²) in [6.07, 6.45) is 0.493. The number of hydrogen-bond donors (Lipinski definition) is 1. The number of nitrogens with one attached hydrogen (secondary N) is 1. The monoisotopic (exact) mass is 1010 g/mol. The van der Waals surface area contributed by atoms with E-state index in [2.05, 4.69) is 20.5 Å². The lowest BCUT2D eigenvalue weighted by Crippen LogP contribution is -2.97. The third-order valence-corrected chi connectivity index (χ3v) is 9.71. The Labute approximate surface area is 381 Å². The minimum atomic E-state index is -3.72. The zero-order valence-corrected chi connectivity index (χ0v) is 34.4. The topological polar surface area (TPSA) is 32.1 Å². The molecule has 364 valence electrons. The number of halogens is 19. The van der Waals surface area contributed by atoms with E-state index in [0.29, 0.717) is 27.5 Å². The van der Waals surface area contributed by atoms with Crippen molar-refractivity contribution < 1.29 is 102 Å². The van der Waals surface area contributed by atoms with Gasteiger partial charge in [-0.25, -0.2) is 53.2 Å². The molecule has 1 N–H and O–H groups in total. The highest BCUT2D eigenvalue weighted by molar-refractivity contribution is 6.39. The Morgan fingerprint density at radius 1 is 0.443 bits per heavy atom. The number of hydrogen-bond acceptors (Lipinski definition) is 3. The van der Waals surface area contributed by atoms with Gasteiger partial charge in [0.05, 0.1) is 29.1 Å². The van der Waals surface area contributed by atoms with Crippen LogP contribution in [0.3, 0.4) is 0 Å². The number of rotatable bonds is 12. The zero-order valence-electron chi connectivity index (χ0n) is 34.4. The molecule has 0 aliphatic carbocycles. The molecule has 1 unspecified atom stereocenters. The average Bonchev–Trinajstić information content (AvgIpc) is 3.36. The second-order valence-electron chi connectivity index (χ2n) is 14.1. The number of para-hydroxylation sites is 2. The molecule has 0 saturated carbocycles. The summed E-state index contributed by atoms with van der Waals surface area (Å²) in [5.74, 6) is -54.7. The fourth-order valence-electron chi connectivity index (χ4n) is 6.36.